The first-order valence-electron chi connectivity index (χ1n) is 5.94. The van der Waals surface area contributed by atoms with Crippen molar-refractivity contribution in [3.05, 3.63) is 5.82 Å². The highest BCUT2D eigenvalue weighted by Gasteiger charge is 2.13. The first kappa shape index (κ1) is 19.7. The number of aromatic nitrogens is 3. The zero-order valence-corrected chi connectivity index (χ0v) is 14.6. The van der Waals surface area contributed by atoms with E-state index < -0.39 is 10.0 Å². The van der Waals surface area contributed by atoms with E-state index >= 15 is 0 Å². The smallest absolute Gasteiger partial charge is 0.213 e. The lowest BCUT2D eigenvalue weighted by Crippen LogP contribution is -2.25. The van der Waals surface area contributed by atoms with Crippen molar-refractivity contribution in [3.8, 4) is 0 Å². The van der Waals surface area contributed by atoms with Gasteiger partial charge in [0.1, 0.15) is 5.82 Å². The lowest BCUT2D eigenvalue weighted by atomic mass is 10.6. The molecule has 1 rings (SSSR count). The van der Waals surface area contributed by atoms with Crippen molar-refractivity contribution < 1.29 is 8.42 Å². The van der Waals surface area contributed by atoms with Crippen LogP contribution in [0, 0.1) is 0 Å². The summed E-state index contributed by atoms with van der Waals surface area (Å²) in [5.74, 6) is 1.73. The third-order valence-electron chi connectivity index (χ3n) is 2.59. The first-order chi connectivity index (χ1) is 8.88. The Morgan fingerprint density at radius 3 is 2.55 bits per heavy atom. The predicted molar refractivity (Wildman–Crippen MR) is 83.8 cm³/mol. The zero-order chi connectivity index (χ0) is 14.5. The summed E-state index contributed by atoms with van der Waals surface area (Å²) in [5, 5.41) is 12.0. The molecule has 1 heterocycles. The van der Waals surface area contributed by atoms with E-state index in [0.29, 0.717) is 18.7 Å². The second kappa shape index (κ2) is 8.83. The van der Waals surface area contributed by atoms with Crippen LogP contribution in [-0.4, -0.2) is 60.1 Å². The summed E-state index contributed by atoms with van der Waals surface area (Å²) in [4.78, 5) is 0. The van der Waals surface area contributed by atoms with Crippen LogP contribution < -0.4 is 5.32 Å². The Morgan fingerprint density at radius 1 is 1.35 bits per heavy atom. The van der Waals surface area contributed by atoms with Crippen LogP contribution >= 0.6 is 24.2 Å². The second-order valence-electron chi connectivity index (χ2n) is 4.29. The van der Waals surface area contributed by atoms with Crippen molar-refractivity contribution in [1.29, 1.82) is 0 Å². The SMILES string of the molecule is CNCc1nnc(SCCCS(=O)(=O)N(C)C)n1C.Cl. The van der Waals surface area contributed by atoms with Crippen LogP contribution in [0.5, 0.6) is 0 Å². The number of thioether (sulfide) groups is 1. The minimum absolute atomic E-state index is 0. The molecule has 10 heteroatoms. The molecule has 0 aliphatic rings. The fourth-order valence-corrected chi connectivity index (χ4v) is 3.30. The van der Waals surface area contributed by atoms with E-state index in [1.165, 1.54) is 16.1 Å². The van der Waals surface area contributed by atoms with E-state index in [-0.39, 0.29) is 18.2 Å². The largest absolute Gasteiger partial charge is 0.313 e. The molecule has 0 fully saturated rings. The summed E-state index contributed by atoms with van der Waals surface area (Å²) in [6, 6.07) is 0. The molecule has 0 amide bonds. The van der Waals surface area contributed by atoms with Gasteiger partial charge in [-0.1, -0.05) is 11.8 Å². The lowest BCUT2D eigenvalue weighted by Gasteiger charge is -2.10. The van der Waals surface area contributed by atoms with Crippen LogP contribution in [0.1, 0.15) is 12.2 Å². The van der Waals surface area contributed by atoms with Gasteiger partial charge in [-0.05, 0) is 13.5 Å². The zero-order valence-electron chi connectivity index (χ0n) is 12.2. The normalized spacial score (nSPS) is 11.7. The van der Waals surface area contributed by atoms with E-state index in [2.05, 4.69) is 15.5 Å². The van der Waals surface area contributed by atoms with E-state index in [1.54, 1.807) is 14.1 Å². The molecule has 0 spiro atoms. The molecular formula is C10H22ClN5O2S2. The summed E-state index contributed by atoms with van der Waals surface area (Å²) in [6.07, 6.45) is 0.597. The molecule has 0 saturated heterocycles. The number of halogens is 1. The standard InChI is InChI=1S/C10H21N5O2S2.ClH/c1-11-8-9-12-13-10(15(9)4)18-6-5-7-19(16,17)14(2)3;/h11H,5-8H2,1-4H3;1H. The fraction of sp³-hybridized carbons (Fsp3) is 0.800. The van der Waals surface area contributed by atoms with Gasteiger partial charge >= 0.3 is 0 Å². The molecule has 0 saturated carbocycles. The van der Waals surface area contributed by atoms with Gasteiger partial charge in [-0.25, -0.2) is 12.7 Å². The van der Waals surface area contributed by atoms with Gasteiger partial charge < -0.3 is 9.88 Å². The highest BCUT2D eigenvalue weighted by atomic mass is 35.5. The molecule has 0 aromatic carbocycles. The minimum Gasteiger partial charge on any atom is -0.313 e. The molecule has 0 radical (unpaired) electrons. The average molecular weight is 344 g/mol. The van der Waals surface area contributed by atoms with Crippen LogP contribution in [0.4, 0.5) is 0 Å². The fourth-order valence-electron chi connectivity index (χ4n) is 1.37. The van der Waals surface area contributed by atoms with Gasteiger partial charge in [0.2, 0.25) is 10.0 Å². The maximum absolute atomic E-state index is 11.6. The number of nitrogens with zero attached hydrogens (tertiary/aromatic N) is 4. The highest BCUT2D eigenvalue weighted by Crippen LogP contribution is 2.17. The van der Waals surface area contributed by atoms with Gasteiger partial charge in [-0.15, -0.1) is 22.6 Å². The van der Waals surface area contributed by atoms with Crippen LogP contribution in [-0.2, 0) is 23.6 Å². The number of hydrogen-bond donors (Lipinski definition) is 1. The van der Waals surface area contributed by atoms with Crippen molar-refractivity contribution in [3.63, 3.8) is 0 Å². The molecule has 7 nitrogen and oxygen atoms in total. The Bertz CT molecular complexity index is 504. The molecule has 0 unspecified atom stereocenters. The molecule has 0 aliphatic heterocycles. The first-order valence-corrected chi connectivity index (χ1v) is 8.54. The highest BCUT2D eigenvalue weighted by molar-refractivity contribution is 7.99. The van der Waals surface area contributed by atoms with Crippen molar-refractivity contribution in [2.75, 3.05) is 32.6 Å². The van der Waals surface area contributed by atoms with Crippen LogP contribution in [0.15, 0.2) is 5.16 Å². The van der Waals surface area contributed by atoms with Gasteiger partial charge in [0.25, 0.3) is 0 Å². The van der Waals surface area contributed by atoms with Crippen molar-refractivity contribution in [2.45, 2.75) is 18.1 Å². The monoisotopic (exact) mass is 343 g/mol. The molecule has 1 aromatic rings. The summed E-state index contributed by atoms with van der Waals surface area (Å²) in [5.41, 5.74) is 0. The average Bonchev–Trinajstić information content (AvgIpc) is 2.67. The van der Waals surface area contributed by atoms with E-state index in [9.17, 15) is 8.42 Å². The quantitative estimate of drug-likeness (QED) is 0.541. The molecule has 118 valence electrons. The molecule has 1 N–H and O–H groups in total. The van der Waals surface area contributed by atoms with E-state index in [0.717, 1.165) is 11.0 Å². The molecule has 0 bridgehead atoms. The van der Waals surface area contributed by atoms with Crippen LogP contribution in [0.2, 0.25) is 0 Å². The minimum atomic E-state index is -3.10. The summed E-state index contributed by atoms with van der Waals surface area (Å²) in [6.45, 7) is 0.666. The Labute approximate surface area is 131 Å². The molecule has 0 aliphatic carbocycles. The maximum Gasteiger partial charge on any atom is 0.213 e. The maximum atomic E-state index is 11.6. The Morgan fingerprint density at radius 2 is 2.00 bits per heavy atom. The molecular weight excluding hydrogens is 322 g/mol. The Hall–Kier alpha value is -0.350. The van der Waals surface area contributed by atoms with Gasteiger partial charge in [-0.3, -0.25) is 0 Å². The van der Waals surface area contributed by atoms with E-state index in [4.69, 9.17) is 0 Å². The predicted octanol–water partition coefficient (Wildman–Crippen LogP) is 0.330. The van der Waals surface area contributed by atoms with Gasteiger partial charge in [0.15, 0.2) is 5.16 Å². The lowest BCUT2D eigenvalue weighted by molar-refractivity contribution is 0.520. The van der Waals surface area contributed by atoms with Crippen molar-refractivity contribution in [2.24, 2.45) is 7.05 Å². The third-order valence-corrected chi connectivity index (χ3v) is 5.62. The van der Waals surface area contributed by atoms with Gasteiger partial charge in [0.05, 0.1) is 12.3 Å². The van der Waals surface area contributed by atoms with E-state index in [1.807, 2.05) is 18.7 Å². The van der Waals surface area contributed by atoms with Crippen molar-refractivity contribution >= 4 is 34.2 Å². The topological polar surface area (TPSA) is 80.1 Å². The molecule has 1 aromatic heterocycles. The van der Waals surface area contributed by atoms with Gasteiger partial charge in [0, 0.05) is 26.9 Å². The van der Waals surface area contributed by atoms with Crippen LogP contribution in [0.3, 0.4) is 0 Å². The number of hydrogen-bond acceptors (Lipinski definition) is 6. The summed E-state index contributed by atoms with van der Waals surface area (Å²) < 4.78 is 26.3. The number of sulfonamides is 1. The molecule has 20 heavy (non-hydrogen) atoms. The van der Waals surface area contributed by atoms with Gasteiger partial charge in [-0.2, -0.15) is 0 Å². The molecule has 0 atom stereocenters. The Kier molecular flexibility index (Phi) is 8.68. The number of rotatable bonds is 8. The van der Waals surface area contributed by atoms with Crippen molar-refractivity contribution in [1.82, 2.24) is 24.4 Å². The number of nitrogens with one attached hydrogen (secondary N) is 1. The third kappa shape index (κ3) is 5.57. The Balaban J connectivity index is 0.00000361. The second-order valence-corrected chi connectivity index (χ2v) is 7.65. The van der Waals surface area contributed by atoms with Crippen LogP contribution in [0.25, 0.3) is 0 Å². The summed E-state index contributed by atoms with van der Waals surface area (Å²) in [7, 11) is 3.77. The summed E-state index contributed by atoms with van der Waals surface area (Å²) >= 11 is 1.52.